The highest BCUT2D eigenvalue weighted by molar-refractivity contribution is 6.00. The van der Waals surface area contributed by atoms with Crippen LogP contribution < -0.4 is 10.6 Å². The number of carbonyl (C=O) groups excluding carboxylic acids is 2. The molecule has 2 rings (SSSR count). The third-order valence-electron chi connectivity index (χ3n) is 3.66. The van der Waals surface area contributed by atoms with Gasteiger partial charge in [-0.25, -0.2) is 4.98 Å². The number of rotatable bonds is 4. The normalized spacial score (nSPS) is 17.3. The second-order valence-corrected chi connectivity index (χ2v) is 5.63. The molecule has 0 atom stereocenters. The van der Waals surface area contributed by atoms with Crippen molar-refractivity contribution in [3.05, 3.63) is 23.9 Å². The summed E-state index contributed by atoms with van der Waals surface area (Å²) in [5.74, 6) is 0.416. The van der Waals surface area contributed by atoms with Crippen molar-refractivity contribution in [3.63, 3.8) is 0 Å². The molecule has 0 bridgehead atoms. The summed E-state index contributed by atoms with van der Waals surface area (Å²) in [6.07, 6.45) is 2.60. The van der Waals surface area contributed by atoms with Crippen LogP contribution in [0.2, 0.25) is 0 Å². The topological polar surface area (TPSA) is 74.3 Å². The van der Waals surface area contributed by atoms with Crippen molar-refractivity contribution in [2.24, 2.45) is 0 Å². The van der Waals surface area contributed by atoms with E-state index in [0.717, 1.165) is 13.0 Å². The zero-order valence-corrected chi connectivity index (χ0v) is 12.8. The van der Waals surface area contributed by atoms with E-state index in [4.69, 9.17) is 0 Å². The molecule has 0 unspecified atom stereocenters. The van der Waals surface area contributed by atoms with Crippen molar-refractivity contribution < 1.29 is 9.59 Å². The molecule has 1 aliphatic heterocycles. The van der Waals surface area contributed by atoms with Crippen molar-refractivity contribution in [2.45, 2.75) is 32.7 Å². The van der Waals surface area contributed by atoms with Crippen LogP contribution in [0.3, 0.4) is 0 Å². The Balaban J connectivity index is 2.21. The highest BCUT2D eigenvalue weighted by atomic mass is 16.2. The van der Waals surface area contributed by atoms with Gasteiger partial charge in [-0.2, -0.15) is 0 Å². The van der Waals surface area contributed by atoms with E-state index in [2.05, 4.69) is 22.5 Å². The summed E-state index contributed by atoms with van der Waals surface area (Å²) >= 11 is 0. The highest BCUT2D eigenvalue weighted by Crippen LogP contribution is 2.21. The number of aromatic nitrogens is 1. The number of carbonyl (C=O) groups is 2. The number of nitrogens with zero attached hydrogens (tertiary/aromatic N) is 2. The van der Waals surface area contributed by atoms with E-state index in [9.17, 15) is 9.59 Å². The van der Waals surface area contributed by atoms with E-state index in [1.807, 2.05) is 0 Å². The Labute approximate surface area is 124 Å². The molecule has 0 aromatic carbocycles. The Morgan fingerprint density at radius 3 is 3.00 bits per heavy atom. The van der Waals surface area contributed by atoms with Crippen LogP contribution in [0.25, 0.3) is 0 Å². The van der Waals surface area contributed by atoms with Crippen LogP contribution in [0.15, 0.2) is 18.3 Å². The maximum atomic E-state index is 12.7. The average molecular weight is 290 g/mol. The number of hydrogen-bond acceptors (Lipinski definition) is 4. The lowest BCUT2D eigenvalue weighted by molar-refractivity contribution is -0.133. The first-order valence-electron chi connectivity index (χ1n) is 7.27. The molecule has 0 aliphatic carbocycles. The quantitative estimate of drug-likeness (QED) is 0.875. The van der Waals surface area contributed by atoms with Gasteiger partial charge in [0.2, 0.25) is 5.91 Å². The molecule has 2 heterocycles. The SMILES string of the molecule is CCCNc1cc(C(=O)N2CCNC(=O)C2(C)C)ccn1. The Morgan fingerprint density at radius 1 is 1.52 bits per heavy atom. The van der Waals surface area contributed by atoms with Crippen LogP contribution in [-0.2, 0) is 4.79 Å². The zero-order chi connectivity index (χ0) is 15.5. The molecule has 2 N–H and O–H groups in total. The first kappa shape index (κ1) is 15.3. The summed E-state index contributed by atoms with van der Waals surface area (Å²) in [6, 6.07) is 3.42. The van der Waals surface area contributed by atoms with Crippen molar-refractivity contribution in [1.82, 2.24) is 15.2 Å². The monoisotopic (exact) mass is 290 g/mol. The summed E-state index contributed by atoms with van der Waals surface area (Å²) in [5.41, 5.74) is -0.290. The molecular weight excluding hydrogens is 268 g/mol. The Bertz CT molecular complexity index is 542. The molecule has 1 aromatic rings. The van der Waals surface area contributed by atoms with E-state index in [0.29, 0.717) is 24.5 Å². The standard InChI is InChI=1S/C15H22N4O2/c1-4-6-16-12-10-11(5-7-17-12)13(20)19-9-8-18-14(21)15(19,2)3/h5,7,10H,4,6,8-9H2,1-3H3,(H,16,17)(H,18,21). The molecule has 1 aromatic heterocycles. The maximum absolute atomic E-state index is 12.7. The molecule has 0 saturated carbocycles. The molecule has 0 radical (unpaired) electrons. The molecule has 1 fully saturated rings. The third-order valence-corrected chi connectivity index (χ3v) is 3.66. The number of anilines is 1. The Kier molecular flexibility index (Phi) is 4.45. The van der Waals surface area contributed by atoms with E-state index in [1.54, 1.807) is 37.1 Å². The minimum absolute atomic E-state index is 0.125. The average Bonchev–Trinajstić information content (AvgIpc) is 2.47. The summed E-state index contributed by atoms with van der Waals surface area (Å²) < 4.78 is 0. The fourth-order valence-corrected chi connectivity index (χ4v) is 2.32. The molecular formula is C15H22N4O2. The number of hydrogen-bond donors (Lipinski definition) is 2. The predicted octanol–water partition coefficient (Wildman–Crippen LogP) is 1.25. The first-order chi connectivity index (χ1) is 9.96. The fraction of sp³-hybridized carbons (Fsp3) is 0.533. The van der Waals surface area contributed by atoms with E-state index < -0.39 is 5.54 Å². The maximum Gasteiger partial charge on any atom is 0.254 e. The second-order valence-electron chi connectivity index (χ2n) is 5.63. The molecule has 1 aliphatic rings. The Morgan fingerprint density at radius 2 is 2.29 bits per heavy atom. The van der Waals surface area contributed by atoms with Gasteiger partial charge >= 0.3 is 0 Å². The fourth-order valence-electron chi connectivity index (χ4n) is 2.32. The minimum atomic E-state index is -0.838. The first-order valence-corrected chi connectivity index (χ1v) is 7.27. The van der Waals surface area contributed by atoms with Crippen LogP contribution in [-0.4, -0.2) is 46.9 Å². The molecule has 2 amide bonds. The lowest BCUT2D eigenvalue weighted by atomic mass is 9.97. The number of piperazine rings is 1. The van der Waals surface area contributed by atoms with Crippen molar-refractivity contribution >= 4 is 17.6 Å². The van der Waals surface area contributed by atoms with Gasteiger partial charge in [-0.15, -0.1) is 0 Å². The van der Waals surface area contributed by atoms with Crippen molar-refractivity contribution in [2.75, 3.05) is 25.0 Å². The predicted molar refractivity (Wildman–Crippen MR) is 81.1 cm³/mol. The second kappa shape index (κ2) is 6.11. The number of pyridine rings is 1. The van der Waals surface area contributed by atoms with Crippen LogP contribution in [0, 0.1) is 0 Å². The summed E-state index contributed by atoms with van der Waals surface area (Å²) in [5, 5.41) is 5.95. The van der Waals surface area contributed by atoms with E-state index in [-0.39, 0.29) is 11.8 Å². The van der Waals surface area contributed by atoms with Gasteiger partial charge in [0.1, 0.15) is 11.4 Å². The van der Waals surface area contributed by atoms with Gasteiger partial charge in [0.15, 0.2) is 0 Å². The van der Waals surface area contributed by atoms with Gasteiger partial charge in [-0.1, -0.05) is 6.92 Å². The molecule has 6 heteroatoms. The lowest BCUT2D eigenvalue weighted by Crippen LogP contribution is -2.63. The van der Waals surface area contributed by atoms with Crippen LogP contribution in [0.1, 0.15) is 37.6 Å². The van der Waals surface area contributed by atoms with Gasteiger partial charge < -0.3 is 15.5 Å². The summed E-state index contributed by atoms with van der Waals surface area (Å²) in [7, 11) is 0. The van der Waals surface area contributed by atoms with Crippen LogP contribution >= 0.6 is 0 Å². The lowest BCUT2D eigenvalue weighted by Gasteiger charge is -2.41. The summed E-state index contributed by atoms with van der Waals surface area (Å²) in [4.78, 5) is 30.4. The molecule has 114 valence electrons. The van der Waals surface area contributed by atoms with Crippen LogP contribution in [0.5, 0.6) is 0 Å². The van der Waals surface area contributed by atoms with Gasteiger partial charge in [0.25, 0.3) is 5.91 Å². The minimum Gasteiger partial charge on any atom is -0.370 e. The van der Waals surface area contributed by atoms with Gasteiger partial charge in [-0.3, -0.25) is 9.59 Å². The Hall–Kier alpha value is -2.11. The van der Waals surface area contributed by atoms with Gasteiger partial charge in [0, 0.05) is 31.4 Å². The van der Waals surface area contributed by atoms with Crippen molar-refractivity contribution in [1.29, 1.82) is 0 Å². The van der Waals surface area contributed by atoms with Crippen LogP contribution in [0.4, 0.5) is 5.82 Å². The number of nitrogens with one attached hydrogen (secondary N) is 2. The van der Waals surface area contributed by atoms with E-state index >= 15 is 0 Å². The molecule has 0 spiro atoms. The molecule has 21 heavy (non-hydrogen) atoms. The molecule has 6 nitrogen and oxygen atoms in total. The van der Waals surface area contributed by atoms with Gasteiger partial charge in [-0.05, 0) is 32.4 Å². The van der Waals surface area contributed by atoms with E-state index in [1.165, 1.54) is 0 Å². The third kappa shape index (κ3) is 3.15. The van der Waals surface area contributed by atoms with Gasteiger partial charge in [0.05, 0.1) is 0 Å². The zero-order valence-electron chi connectivity index (χ0n) is 12.8. The highest BCUT2D eigenvalue weighted by Gasteiger charge is 2.40. The van der Waals surface area contributed by atoms with Crippen molar-refractivity contribution in [3.8, 4) is 0 Å². The largest absolute Gasteiger partial charge is 0.370 e. The number of amides is 2. The smallest absolute Gasteiger partial charge is 0.254 e. The summed E-state index contributed by atoms with van der Waals surface area (Å²) in [6.45, 7) is 7.39. The molecule has 1 saturated heterocycles.